The number of fused-ring (bicyclic) bond motifs is 2. The van der Waals surface area contributed by atoms with E-state index in [9.17, 15) is 9.59 Å². The number of aromatic amines is 1. The molecule has 1 aliphatic rings. The van der Waals surface area contributed by atoms with Crippen molar-refractivity contribution in [3.05, 3.63) is 29.7 Å². The first-order valence-corrected chi connectivity index (χ1v) is 11.8. The van der Waals surface area contributed by atoms with E-state index in [-0.39, 0.29) is 10.6 Å². The minimum atomic E-state index is -1.03. The van der Waals surface area contributed by atoms with E-state index in [1.165, 1.54) is 30.6 Å². The van der Waals surface area contributed by atoms with E-state index in [1.807, 2.05) is 6.92 Å². The van der Waals surface area contributed by atoms with Crippen molar-refractivity contribution in [1.29, 1.82) is 0 Å². The largest absolute Gasteiger partial charge is 0.481 e. The van der Waals surface area contributed by atoms with E-state index in [2.05, 4.69) is 25.5 Å². The molecule has 8 nitrogen and oxygen atoms in total. The Labute approximate surface area is 190 Å². The van der Waals surface area contributed by atoms with Gasteiger partial charge in [0, 0.05) is 10.9 Å². The number of nitrogens with zero attached hydrogens (tertiary/aromatic N) is 3. The number of benzene rings is 1. The van der Waals surface area contributed by atoms with Gasteiger partial charge in [-0.15, -0.1) is 11.8 Å². The number of carbonyl (C=O) groups excluding carboxylic acids is 1. The summed E-state index contributed by atoms with van der Waals surface area (Å²) in [6.07, 6.45) is 7.03. The van der Waals surface area contributed by atoms with Gasteiger partial charge in [-0.3, -0.25) is 14.7 Å². The Balaban J connectivity index is 0.000000754. The van der Waals surface area contributed by atoms with E-state index < -0.39 is 11.8 Å². The average molecular weight is 474 g/mol. The van der Waals surface area contributed by atoms with E-state index in [4.69, 9.17) is 5.11 Å². The first-order valence-electron chi connectivity index (χ1n) is 10.0. The van der Waals surface area contributed by atoms with Gasteiger partial charge in [-0.2, -0.15) is 5.10 Å². The number of H-pyrrole nitrogens is 1. The molecular formula is C21H20FN5O3S2. The lowest BCUT2D eigenvalue weighted by Crippen LogP contribution is -2.02. The molecule has 1 aliphatic carbocycles. The van der Waals surface area contributed by atoms with Gasteiger partial charge < -0.3 is 10.4 Å². The Morgan fingerprint density at radius 3 is 2.78 bits per heavy atom. The van der Waals surface area contributed by atoms with E-state index in [1.54, 1.807) is 18.3 Å². The molecule has 0 unspecified atom stereocenters. The molecule has 0 bridgehead atoms. The third kappa shape index (κ3) is 4.58. The zero-order valence-electron chi connectivity index (χ0n) is 17.1. The van der Waals surface area contributed by atoms with Crippen LogP contribution in [-0.2, 0) is 16.0 Å². The third-order valence-electron chi connectivity index (χ3n) is 4.64. The highest BCUT2D eigenvalue weighted by molar-refractivity contribution is 8.00. The van der Waals surface area contributed by atoms with Crippen molar-refractivity contribution >= 4 is 61.9 Å². The number of rotatable bonds is 7. The first kappa shape index (κ1) is 22.2. The molecule has 0 saturated heterocycles. The van der Waals surface area contributed by atoms with Crippen molar-refractivity contribution in [3.63, 3.8) is 0 Å². The third-order valence-corrected chi connectivity index (χ3v) is 6.60. The number of thioether (sulfide) groups is 1. The zero-order chi connectivity index (χ0) is 22.7. The molecule has 3 N–H and O–H groups in total. The van der Waals surface area contributed by atoms with Gasteiger partial charge in [0.1, 0.15) is 16.2 Å². The topological polar surface area (TPSA) is 121 Å². The Kier molecular flexibility index (Phi) is 6.66. The summed E-state index contributed by atoms with van der Waals surface area (Å²) >= 11 is 2.14. The van der Waals surface area contributed by atoms with Gasteiger partial charge in [0.05, 0.1) is 28.1 Å². The molecule has 11 heteroatoms. The van der Waals surface area contributed by atoms with Crippen molar-refractivity contribution in [2.45, 2.75) is 37.5 Å². The highest BCUT2D eigenvalue weighted by atomic mass is 32.2. The van der Waals surface area contributed by atoms with Crippen LogP contribution in [-0.4, -0.2) is 43.4 Å². The van der Waals surface area contributed by atoms with Gasteiger partial charge in [0.25, 0.3) is 0 Å². The molecular weight excluding hydrogens is 453 g/mol. The van der Waals surface area contributed by atoms with Crippen LogP contribution >= 0.6 is 23.1 Å². The minimum absolute atomic E-state index is 0.233. The van der Waals surface area contributed by atoms with E-state index in [0.717, 1.165) is 11.8 Å². The molecule has 32 heavy (non-hydrogen) atoms. The number of halogens is 1. The molecule has 0 radical (unpaired) electrons. The molecule has 1 saturated carbocycles. The monoisotopic (exact) mass is 473 g/mol. The maximum Gasteiger partial charge on any atom is 0.313 e. The number of carboxylic acid groups (broad SMARTS) is 1. The molecule has 4 aromatic rings. The maximum atomic E-state index is 15.3. The molecule has 1 amide bonds. The van der Waals surface area contributed by atoms with Crippen LogP contribution in [0.3, 0.4) is 0 Å². The standard InChI is InChI=1S/C18H14FN5O3S2.C3H6/c1-2-8-13(10-3-4-11-17(22-10)29-18(23-11)20-7-25)9-5-21-24-15(9)16(14(8)19)28-6-12(26)27;1-2-3-1/h3-5,7H,2,6H2,1H3,(H,21,24)(H,26,27)(H,20,23,25);1-3H2. The maximum absolute atomic E-state index is 15.3. The van der Waals surface area contributed by atoms with Crippen LogP contribution in [0.4, 0.5) is 9.52 Å². The summed E-state index contributed by atoms with van der Waals surface area (Å²) in [7, 11) is 0. The highest BCUT2D eigenvalue weighted by Gasteiger charge is 2.23. The summed E-state index contributed by atoms with van der Waals surface area (Å²) in [5, 5.41) is 19.4. The quantitative estimate of drug-likeness (QED) is 0.259. The number of carbonyl (C=O) groups is 2. The van der Waals surface area contributed by atoms with Crippen molar-refractivity contribution in [3.8, 4) is 11.3 Å². The van der Waals surface area contributed by atoms with Crippen LogP contribution in [0.2, 0.25) is 0 Å². The number of pyridine rings is 1. The molecule has 1 aromatic carbocycles. The average Bonchev–Trinajstić information content (AvgIpc) is 3.48. The highest BCUT2D eigenvalue weighted by Crippen LogP contribution is 2.40. The normalized spacial score (nSPS) is 12.4. The summed E-state index contributed by atoms with van der Waals surface area (Å²) in [5.74, 6) is -1.76. The summed E-state index contributed by atoms with van der Waals surface area (Å²) in [5.41, 5.74) is 2.66. The number of amides is 1. The Hall–Kier alpha value is -3.05. The molecule has 0 spiro atoms. The summed E-state index contributed by atoms with van der Waals surface area (Å²) in [6, 6.07) is 3.51. The number of anilines is 1. The van der Waals surface area contributed by atoms with E-state index in [0.29, 0.717) is 56.0 Å². The number of carboxylic acids is 1. The number of hydrogen-bond acceptors (Lipinski definition) is 7. The summed E-state index contributed by atoms with van der Waals surface area (Å²) < 4.78 is 15.3. The molecule has 5 rings (SSSR count). The Morgan fingerprint density at radius 1 is 1.34 bits per heavy atom. The van der Waals surface area contributed by atoms with Crippen LogP contribution in [0.1, 0.15) is 31.7 Å². The first-order chi connectivity index (χ1) is 15.5. The van der Waals surface area contributed by atoms with Crippen LogP contribution in [0.15, 0.2) is 23.2 Å². The number of nitrogens with one attached hydrogen (secondary N) is 2. The molecule has 3 heterocycles. The molecule has 0 aliphatic heterocycles. The summed E-state index contributed by atoms with van der Waals surface area (Å²) in [6.45, 7) is 1.83. The van der Waals surface area contributed by atoms with Crippen LogP contribution < -0.4 is 5.32 Å². The lowest BCUT2D eigenvalue weighted by atomic mass is 9.97. The summed E-state index contributed by atoms with van der Waals surface area (Å²) in [4.78, 5) is 31.3. The second-order valence-corrected chi connectivity index (χ2v) is 9.02. The Bertz CT molecular complexity index is 1300. The molecule has 3 aromatic heterocycles. The minimum Gasteiger partial charge on any atom is -0.481 e. The number of aromatic nitrogens is 4. The smallest absolute Gasteiger partial charge is 0.313 e. The van der Waals surface area contributed by atoms with Gasteiger partial charge >= 0.3 is 5.97 Å². The second kappa shape index (κ2) is 9.61. The number of thiazole rings is 1. The van der Waals surface area contributed by atoms with Crippen molar-refractivity contribution in [2.75, 3.05) is 11.1 Å². The van der Waals surface area contributed by atoms with Crippen molar-refractivity contribution in [2.24, 2.45) is 0 Å². The predicted octanol–water partition coefficient (Wildman–Crippen LogP) is 4.85. The van der Waals surface area contributed by atoms with Crippen molar-refractivity contribution in [1.82, 2.24) is 20.2 Å². The second-order valence-electron chi connectivity index (χ2n) is 7.05. The van der Waals surface area contributed by atoms with Gasteiger partial charge in [-0.05, 0) is 24.1 Å². The SMILES string of the molecule is C1CC1.CCc1c(F)c(SCC(=O)O)c2[nH]ncc2c1-c1ccc2nc(NC=O)sc2n1. The molecule has 166 valence electrons. The predicted molar refractivity (Wildman–Crippen MR) is 124 cm³/mol. The van der Waals surface area contributed by atoms with Crippen LogP contribution in [0.25, 0.3) is 32.5 Å². The molecule has 0 atom stereocenters. The molecule has 1 fully saturated rings. The number of hydrogen-bond donors (Lipinski definition) is 3. The number of aliphatic carboxylic acids is 1. The Morgan fingerprint density at radius 2 is 2.12 bits per heavy atom. The lowest BCUT2D eigenvalue weighted by molar-refractivity contribution is -0.133. The zero-order valence-corrected chi connectivity index (χ0v) is 18.8. The van der Waals surface area contributed by atoms with Crippen LogP contribution in [0, 0.1) is 5.82 Å². The lowest BCUT2D eigenvalue weighted by Gasteiger charge is -2.14. The fourth-order valence-electron chi connectivity index (χ4n) is 3.13. The van der Waals surface area contributed by atoms with Crippen molar-refractivity contribution < 1.29 is 19.1 Å². The van der Waals surface area contributed by atoms with Crippen LogP contribution in [0.5, 0.6) is 0 Å². The fourth-order valence-corrected chi connectivity index (χ4v) is 4.74. The fraction of sp³-hybridized carbons (Fsp3) is 0.286. The van der Waals surface area contributed by atoms with Gasteiger partial charge in [-0.1, -0.05) is 37.5 Å². The van der Waals surface area contributed by atoms with Gasteiger partial charge in [-0.25, -0.2) is 14.4 Å². The van der Waals surface area contributed by atoms with E-state index >= 15 is 4.39 Å². The van der Waals surface area contributed by atoms with Gasteiger partial charge in [0.2, 0.25) is 6.41 Å². The van der Waals surface area contributed by atoms with Gasteiger partial charge in [0.15, 0.2) is 5.13 Å².